The van der Waals surface area contributed by atoms with Gasteiger partial charge in [-0.2, -0.15) is 0 Å². The first-order chi connectivity index (χ1) is 10.4. The van der Waals surface area contributed by atoms with Crippen molar-refractivity contribution in [1.82, 2.24) is 5.32 Å². The van der Waals surface area contributed by atoms with Gasteiger partial charge in [-0.25, -0.2) is 0 Å². The molecule has 0 aromatic heterocycles. The van der Waals surface area contributed by atoms with Gasteiger partial charge in [-0.1, -0.05) is 36.4 Å². The lowest BCUT2D eigenvalue weighted by atomic mass is 10.00. The zero-order valence-electron chi connectivity index (χ0n) is 12.1. The number of nitrogens with zero attached hydrogens (tertiary/aromatic N) is 1. The highest BCUT2D eigenvalue weighted by molar-refractivity contribution is 7.99. The van der Waals surface area contributed by atoms with Crippen molar-refractivity contribution in [1.29, 1.82) is 0 Å². The third-order valence-corrected chi connectivity index (χ3v) is 5.70. The third-order valence-electron chi connectivity index (χ3n) is 4.45. The molecule has 1 atom stereocenters. The van der Waals surface area contributed by atoms with Crippen molar-refractivity contribution in [3.8, 4) is 0 Å². The van der Waals surface area contributed by atoms with E-state index in [0.717, 1.165) is 26.2 Å². The topological polar surface area (TPSA) is 15.3 Å². The lowest BCUT2D eigenvalue weighted by molar-refractivity contribution is 0.659. The predicted octanol–water partition coefficient (Wildman–Crippen LogP) is 3.49. The quantitative estimate of drug-likeness (QED) is 0.913. The number of thioether (sulfide) groups is 1. The molecule has 0 bridgehead atoms. The standard InChI is InChI=1S/C18H20N2S/c1-3-7-17-14(5-1)11-19-9-10-20(17)12-15-13-21-18-8-4-2-6-16(15)18/h1-8,15,19H,9-13H2. The second kappa shape index (κ2) is 5.74. The van der Waals surface area contributed by atoms with Crippen LogP contribution in [0.5, 0.6) is 0 Å². The van der Waals surface area contributed by atoms with E-state index in [-0.39, 0.29) is 0 Å². The minimum atomic E-state index is 0.650. The van der Waals surface area contributed by atoms with Crippen LogP contribution in [0, 0.1) is 0 Å². The first-order valence-electron chi connectivity index (χ1n) is 7.67. The van der Waals surface area contributed by atoms with Crippen molar-refractivity contribution in [3.63, 3.8) is 0 Å². The lowest BCUT2D eigenvalue weighted by Crippen LogP contribution is -2.32. The SMILES string of the molecule is c1ccc2c(c1)CNCCN2CC1CSc2ccccc21. The van der Waals surface area contributed by atoms with Crippen molar-refractivity contribution in [2.24, 2.45) is 0 Å². The molecular formula is C18H20N2S. The Morgan fingerprint density at radius 2 is 1.95 bits per heavy atom. The van der Waals surface area contributed by atoms with Crippen molar-refractivity contribution in [3.05, 3.63) is 59.7 Å². The molecule has 3 heteroatoms. The minimum absolute atomic E-state index is 0.650. The van der Waals surface area contributed by atoms with Crippen molar-refractivity contribution in [2.45, 2.75) is 17.4 Å². The van der Waals surface area contributed by atoms with E-state index >= 15 is 0 Å². The second-order valence-corrected chi connectivity index (χ2v) is 6.86. The molecule has 0 saturated heterocycles. The van der Waals surface area contributed by atoms with E-state index in [1.807, 2.05) is 11.8 Å². The maximum absolute atomic E-state index is 3.53. The summed E-state index contributed by atoms with van der Waals surface area (Å²) in [6.07, 6.45) is 0. The van der Waals surface area contributed by atoms with Crippen LogP contribution in [0.25, 0.3) is 0 Å². The van der Waals surface area contributed by atoms with Crippen LogP contribution < -0.4 is 10.2 Å². The van der Waals surface area contributed by atoms with Gasteiger partial charge in [0.1, 0.15) is 0 Å². The fourth-order valence-electron chi connectivity index (χ4n) is 3.36. The molecule has 0 spiro atoms. The van der Waals surface area contributed by atoms with Crippen LogP contribution in [0.1, 0.15) is 17.0 Å². The summed E-state index contributed by atoms with van der Waals surface area (Å²) in [6.45, 7) is 4.28. The van der Waals surface area contributed by atoms with Gasteiger partial charge in [-0.3, -0.25) is 0 Å². The van der Waals surface area contributed by atoms with Crippen LogP contribution in [0.15, 0.2) is 53.4 Å². The van der Waals surface area contributed by atoms with E-state index in [1.54, 1.807) is 0 Å². The average Bonchev–Trinajstić information content (AvgIpc) is 2.82. The van der Waals surface area contributed by atoms with Gasteiger partial charge in [0.05, 0.1) is 0 Å². The van der Waals surface area contributed by atoms with E-state index in [1.165, 1.54) is 27.5 Å². The van der Waals surface area contributed by atoms with E-state index in [2.05, 4.69) is 58.7 Å². The van der Waals surface area contributed by atoms with Crippen LogP contribution in [-0.2, 0) is 6.54 Å². The molecule has 1 N–H and O–H groups in total. The smallest absolute Gasteiger partial charge is 0.0412 e. The van der Waals surface area contributed by atoms with Gasteiger partial charge in [0.2, 0.25) is 0 Å². The summed E-state index contributed by atoms with van der Waals surface area (Å²) in [5.41, 5.74) is 4.38. The van der Waals surface area contributed by atoms with Gasteiger partial charge in [-0.15, -0.1) is 11.8 Å². The lowest BCUT2D eigenvalue weighted by Gasteiger charge is -2.27. The summed E-state index contributed by atoms with van der Waals surface area (Å²) < 4.78 is 0. The molecule has 0 radical (unpaired) electrons. The molecule has 1 unspecified atom stereocenters. The number of anilines is 1. The largest absolute Gasteiger partial charge is 0.369 e. The van der Waals surface area contributed by atoms with Crippen LogP contribution in [0.2, 0.25) is 0 Å². The summed E-state index contributed by atoms with van der Waals surface area (Å²) in [5.74, 6) is 1.86. The zero-order valence-corrected chi connectivity index (χ0v) is 12.9. The molecule has 21 heavy (non-hydrogen) atoms. The van der Waals surface area contributed by atoms with Gasteiger partial charge in [-0.05, 0) is 23.3 Å². The van der Waals surface area contributed by atoms with Gasteiger partial charge in [0.25, 0.3) is 0 Å². The number of hydrogen-bond acceptors (Lipinski definition) is 3. The van der Waals surface area contributed by atoms with Gasteiger partial charge < -0.3 is 10.2 Å². The molecule has 4 rings (SSSR count). The van der Waals surface area contributed by atoms with Gasteiger partial charge >= 0.3 is 0 Å². The summed E-state index contributed by atoms with van der Waals surface area (Å²) in [4.78, 5) is 4.05. The molecule has 0 amide bonds. The Labute approximate surface area is 130 Å². The average molecular weight is 296 g/mol. The second-order valence-electron chi connectivity index (χ2n) is 5.80. The molecule has 0 fully saturated rings. The number of nitrogens with one attached hydrogen (secondary N) is 1. The molecule has 0 aliphatic carbocycles. The summed E-state index contributed by atoms with van der Waals surface area (Å²) >= 11 is 2.01. The van der Waals surface area contributed by atoms with E-state index in [9.17, 15) is 0 Å². The predicted molar refractivity (Wildman–Crippen MR) is 90.3 cm³/mol. The molecular weight excluding hydrogens is 276 g/mol. The van der Waals surface area contributed by atoms with E-state index < -0.39 is 0 Å². The van der Waals surface area contributed by atoms with Crippen LogP contribution in [0.3, 0.4) is 0 Å². The molecule has 2 aliphatic heterocycles. The fraction of sp³-hybridized carbons (Fsp3) is 0.333. The third kappa shape index (κ3) is 2.56. The molecule has 2 aromatic rings. The van der Waals surface area contributed by atoms with Crippen LogP contribution in [-0.4, -0.2) is 25.4 Å². The Balaban J connectivity index is 1.61. The van der Waals surface area contributed by atoms with Crippen LogP contribution >= 0.6 is 11.8 Å². The Hall–Kier alpha value is -1.45. The van der Waals surface area contributed by atoms with Crippen molar-refractivity contribution in [2.75, 3.05) is 30.3 Å². The number of para-hydroxylation sites is 1. The molecule has 2 aromatic carbocycles. The maximum atomic E-state index is 3.53. The first-order valence-corrected chi connectivity index (χ1v) is 8.65. The van der Waals surface area contributed by atoms with Gasteiger partial charge in [0.15, 0.2) is 0 Å². The Morgan fingerprint density at radius 3 is 2.95 bits per heavy atom. The molecule has 0 saturated carbocycles. The Morgan fingerprint density at radius 1 is 1.10 bits per heavy atom. The van der Waals surface area contributed by atoms with Gasteiger partial charge in [0, 0.05) is 48.4 Å². The maximum Gasteiger partial charge on any atom is 0.0412 e. The number of fused-ring (bicyclic) bond motifs is 2. The van der Waals surface area contributed by atoms with E-state index in [4.69, 9.17) is 0 Å². The molecule has 2 heterocycles. The number of rotatable bonds is 2. The van der Waals surface area contributed by atoms with Crippen molar-refractivity contribution >= 4 is 17.4 Å². The highest BCUT2D eigenvalue weighted by Crippen LogP contribution is 2.40. The summed E-state index contributed by atoms with van der Waals surface area (Å²) in [6, 6.07) is 17.7. The Kier molecular flexibility index (Phi) is 3.62. The molecule has 2 nitrogen and oxygen atoms in total. The molecule has 108 valence electrons. The summed E-state index contributed by atoms with van der Waals surface area (Å²) in [7, 11) is 0. The minimum Gasteiger partial charge on any atom is -0.369 e. The van der Waals surface area contributed by atoms with E-state index in [0.29, 0.717) is 5.92 Å². The normalized spacial score (nSPS) is 20.8. The highest BCUT2D eigenvalue weighted by atomic mass is 32.2. The molecule has 2 aliphatic rings. The Bertz CT molecular complexity index is 641. The monoisotopic (exact) mass is 296 g/mol. The zero-order chi connectivity index (χ0) is 14.1. The number of benzene rings is 2. The van der Waals surface area contributed by atoms with Crippen molar-refractivity contribution < 1.29 is 0 Å². The first kappa shape index (κ1) is 13.2. The number of hydrogen-bond donors (Lipinski definition) is 1. The highest BCUT2D eigenvalue weighted by Gasteiger charge is 2.26. The fourth-order valence-corrected chi connectivity index (χ4v) is 4.60. The van der Waals surface area contributed by atoms with Crippen LogP contribution in [0.4, 0.5) is 5.69 Å². The summed E-state index contributed by atoms with van der Waals surface area (Å²) in [5, 5.41) is 3.53.